The van der Waals surface area contributed by atoms with E-state index in [-0.39, 0.29) is 5.84 Å². The maximum atomic E-state index is 8.68. The second kappa shape index (κ2) is 7.42. The van der Waals surface area contributed by atoms with Crippen molar-refractivity contribution in [2.24, 2.45) is 10.9 Å². The highest BCUT2D eigenvalue weighted by atomic mass is 16.5. The second-order valence-corrected chi connectivity index (χ2v) is 3.83. The minimum atomic E-state index is -0.457. The summed E-state index contributed by atoms with van der Waals surface area (Å²) in [4.78, 5) is 0. The van der Waals surface area contributed by atoms with Crippen LogP contribution >= 0.6 is 0 Å². The lowest BCUT2D eigenvalue weighted by atomic mass is 10.2. The van der Waals surface area contributed by atoms with Gasteiger partial charge in [0.1, 0.15) is 0 Å². The predicted octanol–water partition coefficient (Wildman–Crippen LogP) is 2.38. The highest BCUT2D eigenvalue weighted by molar-refractivity contribution is 5.84. The molecule has 0 fully saturated rings. The second-order valence-electron chi connectivity index (χ2n) is 3.83. The Bertz CT molecular complexity index is 394. The minimum absolute atomic E-state index is 0.0581. The summed E-state index contributed by atoms with van der Waals surface area (Å²) in [6, 6.07) is 7.37. The Labute approximate surface area is 107 Å². The van der Waals surface area contributed by atoms with Gasteiger partial charge >= 0.3 is 0 Å². The van der Waals surface area contributed by atoms with Crippen LogP contribution in [0, 0.1) is 0 Å². The molecule has 1 atom stereocenters. The fourth-order valence-corrected chi connectivity index (χ4v) is 1.45. The summed E-state index contributed by atoms with van der Waals surface area (Å²) in [5.74, 6) is 1.33. The average molecular weight is 252 g/mol. The summed E-state index contributed by atoms with van der Waals surface area (Å²) in [6.07, 6.45) is 1.07. The third-order valence-corrected chi connectivity index (χ3v) is 2.40. The van der Waals surface area contributed by atoms with Crippen LogP contribution in [0.3, 0.4) is 0 Å². The van der Waals surface area contributed by atoms with Gasteiger partial charge in [0.25, 0.3) is 0 Å². The van der Waals surface area contributed by atoms with Crippen LogP contribution in [-0.2, 0) is 0 Å². The Morgan fingerprint density at radius 1 is 1.33 bits per heavy atom. The Balaban J connectivity index is 2.81. The van der Waals surface area contributed by atoms with E-state index in [1.807, 2.05) is 32.0 Å². The fourth-order valence-electron chi connectivity index (χ4n) is 1.45. The van der Waals surface area contributed by atoms with Crippen LogP contribution in [0.2, 0.25) is 0 Å². The number of para-hydroxylation sites is 2. The van der Waals surface area contributed by atoms with Gasteiger partial charge in [0.2, 0.25) is 0 Å². The molecule has 3 N–H and O–H groups in total. The number of hydrogen-bond donors (Lipinski definition) is 2. The normalized spacial score (nSPS) is 13.1. The van der Waals surface area contributed by atoms with E-state index in [4.69, 9.17) is 20.4 Å². The van der Waals surface area contributed by atoms with Crippen molar-refractivity contribution >= 4 is 5.84 Å². The van der Waals surface area contributed by atoms with E-state index in [2.05, 4.69) is 5.16 Å². The molecule has 5 heteroatoms. The standard InChI is InChI=1S/C13H20N2O3/c1-3-9-17-11-7-5-6-8-12(11)18-10(4-2)13(14)15-16/h5-8,10,16H,3-4,9H2,1-2H3,(H2,14,15). The zero-order valence-electron chi connectivity index (χ0n) is 10.8. The molecule has 1 aromatic carbocycles. The molecule has 0 bridgehead atoms. The van der Waals surface area contributed by atoms with Gasteiger partial charge in [-0.25, -0.2) is 0 Å². The van der Waals surface area contributed by atoms with Crippen molar-refractivity contribution in [3.8, 4) is 11.5 Å². The maximum Gasteiger partial charge on any atom is 0.180 e. The van der Waals surface area contributed by atoms with E-state index in [1.54, 1.807) is 6.07 Å². The summed E-state index contributed by atoms with van der Waals surface area (Å²) in [7, 11) is 0. The first-order valence-electron chi connectivity index (χ1n) is 6.08. The Kier molecular flexibility index (Phi) is 5.84. The summed E-state index contributed by atoms with van der Waals surface area (Å²) in [5, 5.41) is 11.7. The molecule has 0 amide bonds. The lowest BCUT2D eigenvalue weighted by Crippen LogP contribution is -2.33. The molecule has 0 aromatic heterocycles. The van der Waals surface area contributed by atoms with Crippen LogP contribution in [0.4, 0.5) is 0 Å². The largest absolute Gasteiger partial charge is 0.490 e. The molecule has 0 aliphatic carbocycles. The lowest BCUT2D eigenvalue weighted by Gasteiger charge is -2.18. The number of rotatable bonds is 7. The minimum Gasteiger partial charge on any atom is -0.490 e. The third-order valence-electron chi connectivity index (χ3n) is 2.40. The van der Waals surface area contributed by atoms with Crippen molar-refractivity contribution in [3.63, 3.8) is 0 Å². The maximum absolute atomic E-state index is 8.68. The number of ether oxygens (including phenoxy) is 2. The van der Waals surface area contributed by atoms with Crippen molar-refractivity contribution in [3.05, 3.63) is 24.3 Å². The summed E-state index contributed by atoms with van der Waals surface area (Å²) in [5.41, 5.74) is 5.56. The van der Waals surface area contributed by atoms with Gasteiger partial charge in [0, 0.05) is 0 Å². The molecule has 0 radical (unpaired) electrons. The van der Waals surface area contributed by atoms with E-state index >= 15 is 0 Å². The first kappa shape index (κ1) is 14.2. The number of oxime groups is 1. The van der Waals surface area contributed by atoms with Crippen LogP contribution in [0.5, 0.6) is 11.5 Å². The highest BCUT2D eigenvalue weighted by Gasteiger charge is 2.15. The molecule has 0 spiro atoms. The van der Waals surface area contributed by atoms with Crippen molar-refractivity contribution in [1.29, 1.82) is 0 Å². The highest BCUT2D eigenvalue weighted by Crippen LogP contribution is 2.28. The molecule has 0 aliphatic heterocycles. The molecule has 0 saturated heterocycles. The monoisotopic (exact) mass is 252 g/mol. The van der Waals surface area contributed by atoms with E-state index in [1.165, 1.54) is 0 Å². The SMILES string of the molecule is CCCOc1ccccc1OC(CC)C(N)=NO. The summed E-state index contributed by atoms with van der Waals surface area (Å²) in [6.45, 7) is 4.56. The van der Waals surface area contributed by atoms with Gasteiger partial charge in [-0.15, -0.1) is 0 Å². The molecule has 1 unspecified atom stereocenters. The molecule has 0 heterocycles. The van der Waals surface area contributed by atoms with Gasteiger partial charge in [0.15, 0.2) is 23.4 Å². The Morgan fingerprint density at radius 2 is 2.00 bits per heavy atom. The number of hydrogen-bond acceptors (Lipinski definition) is 4. The van der Waals surface area contributed by atoms with Gasteiger partial charge in [0.05, 0.1) is 6.61 Å². The van der Waals surface area contributed by atoms with E-state index in [0.717, 1.165) is 6.42 Å². The Morgan fingerprint density at radius 3 is 2.56 bits per heavy atom. The van der Waals surface area contributed by atoms with Crippen molar-refractivity contribution in [2.75, 3.05) is 6.61 Å². The third kappa shape index (κ3) is 3.84. The molecule has 0 aliphatic rings. The average Bonchev–Trinajstić information content (AvgIpc) is 2.42. The Hall–Kier alpha value is -1.91. The molecule has 0 saturated carbocycles. The topological polar surface area (TPSA) is 77.1 Å². The molecular weight excluding hydrogens is 232 g/mol. The zero-order valence-corrected chi connectivity index (χ0v) is 10.8. The number of nitrogens with two attached hydrogens (primary N) is 1. The number of nitrogens with zero attached hydrogens (tertiary/aromatic N) is 1. The summed E-state index contributed by atoms with van der Waals surface area (Å²) >= 11 is 0. The van der Waals surface area contributed by atoms with Crippen molar-refractivity contribution in [1.82, 2.24) is 0 Å². The smallest absolute Gasteiger partial charge is 0.180 e. The van der Waals surface area contributed by atoms with Crippen LogP contribution in [0.25, 0.3) is 0 Å². The zero-order chi connectivity index (χ0) is 13.4. The number of benzene rings is 1. The molecule has 1 aromatic rings. The molecule has 5 nitrogen and oxygen atoms in total. The summed E-state index contributed by atoms with van der Waals surface area (Å²) < 4.78 is 11.3. The van der Waals surface area contributed by atoms with Gasteiger partial charge in [-0.1, -0.05) is 31.1 Å². The van der Waals surface area contributed by atoms with Gasteiger partial charge in [-0.3, -0.25) is 0 Å². The van der Waals surface area contributed by atoms with Crippen LogP contribution in [0.1, 0.15) is 26.7 Å². The van der Waals surface area contributed by atoms with Crippen molar-refractivity contribution in [2.45, 2.75) is 32.8 Å². The van der Waals surface area contributed by atoms with Crippen LogP contribution < -0.4 is 15.2 Å². The van der Waals surface area contributed by atoms with Crippen LogP contribution in [-0.4, -0.2) is 23.8 Å². The van der Waals surface area contributed by atoms with E-state index in [0.29, 0.717) is 24.5 Å². The lowest BCUT2D eigenvalue weighted by molar-refractivity contribution is 0.227. The fraction of sp³-hybridized carbons (Fsp3) is 0.462. The molecular formula is C13H20N2O3. The molecule has 100 valence electrons. The van der Waals surface area contributed by atoms with E-state index < -0.39 is 6.10 Å². The van der Waals surface area contributed by atoms with Crippen molar-refractivity contribution < 1.29 is 14.7 Å². The van der Waals surface area contributed by atoms with Crippen LogP contribution in [0.15, 0.2) is 29.4 Å². The first-order chi connectivity index (χ1) is 8.72. The predicted molar refractivity (Wildman–Crippen MR) is 70.3 cm³/mol. The van der Waals surface area contributed by atoms with Gasteiger partial charge in [-0.05, 0) is 25.0 Å². The quantitative estimate of drug-likeness (QED) is 0.338. The molecule has 18 heavy (non-hydrogen) atoms. The van der Waals surface area contributed by atoms with E-state index in [9.17, 15) is 0 Å². The first-order valence-corrected chi connectivity index (χ1v) is 6.08. The number of amidine groups is 1. The molecule has 1 rings (SSSR count). The van der Waals surface area contributed by atoms with Gasteiger partial charge < -0.3 is 20.4 Å². The van der Waals surface area contributed by atoms with Gasteiger partial charge in [-0.2, -0.15) is 0 Å².